The van der Waals surface area contributed by atoms with Crippen molar-refractivity contribution >= 4 is 26.8 Å². The fourth-order valence-electron chi connectivity index (χ4n) is 1.45. The van der Waals surface area contributed by atoms with E-state index in [4.69, 9.17) is 0 Å². The summed E-state index contributed by atoms with van der Waals surface area (Å²) < 4.78 is 0.952. The van der Waals surface area contributed by atoms with Gasteiger partial charge < -0.3 is 0 Å². The Labute approximate surface area is 91.8 Å². The molecule has 0 saturated carbocycles. The zero-order chi connectivity index (χ0) is 10.3. The predicted octanol–water partition coefficient (Wildman–Crippen LogP) is 3.62. The van der Waals surface area contributed by atoms with Crippen LogP contribution in [-0.4, -0.2) is 10.2 Å². The maximum atomic E-state index is 4.22. The number of nitrogens with zero attached hydrogens (tertiary/aromatic N) is 1. The minimum Gasteiger partial charge on any atom is -0.270 e. The summed E-state index contributed by atoms with van der Waals surface area (Å²) in [4.78, 5) is 0. The molecule has 2 rings (SSSR count). The Morgan fingerprint density at radius 1 is 1.29 bits per heavy atom. The number of H-pyrrole nitrogens is 1. The molecule has 0 fully saturated rings. The second-order valence-corrected chi connectivity index (χ2v) is 5.31. The lowest BCUT2D eigenvalue weighted by Crippen LogP contribution is -2.10. The van der Waals surface area contributed by atoms with E-state index in [0.717, 1.165) is 15.5 Å². The van der Waals surface area contributed by atoms with Gasteiger partial charge in [-0.05, 0) is 39.0 Å². The van der Waals surface area contributed by atoms with Gasteiger partial charge in [-0.15, -0.1) is 0 Å². The molecule has 0 aliphatic rings. The van der Waals surface area contributed by atoms with Crippen molar-refractivity contribution in [3.63, 3.8) is 0 Å². The molecule has 1 aromatic heterocycles. The number of hydrogen-bond donors (Lipinski definition) is 1. The molecular formula is C11H13BrN2. The normalized spacial score (nSPS) is 12.3. The van der Waals surface area contributed by atoms with Crippen molar-refractivity contribution in [2.75, 3.05) is 0 Å². The number of rotatable bonds is 0. The second-order valence-electron chi connectivity index (χ2n) is 4.52. The Kier molecular flexibility index (Phi) is 2.14. The van der Waals surface area contributed by atoms with Gasteiger partial charge in [0.25, 0.3) is 0 Å². The third-order valence-electron chi connectivity index (χ3n) is 2.37. The van der Waals surface area contributed by atoms with Crippen molar-refractivity contribution in [1.29, 1.82) is 0 Å². The molecule has 0 saturated heterocycles. The molecular weight excluding hydrogens is 240 g/mol. The highest BCUT2D eigenvalue weighted by molar-refractivity contribution is 9.10. The first-order valence-electron chi connectivity index (χ1n) is 4.62. The van der Waals surface area contributed by atoms with E-state index in [2.05, 4.69) is 65.1 Å². The Balaban J connectivity index is 2.63. The van der Waals surface area contributed by atoms with Crippen LogP contribution in [0, 0.1) is 0 Å². The first-order valence-corrected chi connectivity index (χ1v) is 5.42. The lowest BCUT2D eigenvalue weighted by atomic mass is 9.87. The Hall–Kier alpha value is -0.830. The summed E-state index contributed by atoms with van der Waals surface area (Å²) in [6, 6.07) is 6.39. The number of nitrogens with one attached hydrogen (secondary N) is 1. The van der Waals surface area contributed by atoms with Crippen LogP contribution in [-0.2, 0) is 5.41 Å². The lowest BCUT2D eigenvalue weighted by molar-refractivity contribution is 0.591. The third kappa shape index (κ3) is 1.57. The molecule has 0 atom stereocenters. The fraction of sp³-hybridized carbons (Fsp3) is 0.364. The number of fused-ring (bicyclic) bond motifs is 1. The van der Waals surface area contributed by atoms with Crippen molar-refractivity contribution in [3.05, 3.63) is 28.4 Å². The first kappa shape index (κ1) is 9.71. The molecule has 0 bridgehead atoms. The largest absolute Gasteiger partial charge is 0.270 e. The maximum Gasteiger partial charge on any atom is 0.108 e. The van der Waals surface area contributed by atoms with Crippen molar-refractivity contribution in [3.8, 4) is 0 Å². The average molecular weight is 253 g/mol. The molecule has 74 valence electrons. The van der Waals surface area contributed by atoms with Crippen molar-refractivity contribution in [2.24, 2.45) is 0 Å². The number of benzene rings is 1. The molecule has 3 heteroatoms. The van der Waals surface area contributed by atoms with Crippen LogP contribution < -0.4 is 0 Å². The number of aromatic nitrogens is 2. The lowest BCUT2D eigenvalue weighted by Gasteiger charge is -2.18. The molecule has 14 heavy (non-hydrogen) atoms. The van der Waals surface area contributed by atoms with Crippen LogP contribution in [0.4, 0.5) is 0 Å². The predicted molar refractivity (Wildman–Crippen MR) is 62.5 cm³/mol. The van der Waals surface area contributed by atoms with Crippen LogP contribution in [0.1, 0.15) is 26.3 Å². The first-order chi connectivity index (χ1) is 6.48. The summed E-state index contributed by atoms with van der Waals surface area (Å²) in [5, 5.41) is 8.28. The van der Waals surface area contributed by atoms with E-state index in [9.17, 15) is 0 Å². The van der Waals surface area contributed by atoms with Gasteiger partial charge in [0.05, 0.1) is 5.52 Å². The van der Waals surface area contributed by atoms with Gasteiger partial charge in [0.2, 0.25) is 0 Å². The quantitative estimate of drug-likeness (QED) is 0.763. The summed E-state index contributed by atoms with van der Waals surface area (Å²) in [6.07, 6.45) is 0. The van der Waals surface area contributed by atoms with Gasteiger partial charge in [0.1, 0.15) is 4.60 Å². The minimum atomic E-state index is 0.180. The highest BCUT2D eigenvalue weighted by Crippen LogP contribution is 2.27. The monoisotopic (exact) mass is 252 g/mol. The summed E-state index contributed by atoms with van der Waals surface area (Å²) >= 11 is 3.42. The fourth-order valence-corrected chi connectivity index (χ4v) is 1.87. The Morgan fingerprint density at radius 3 is 2.64 bits per heavy atom. The summed E-state index contributed by atoms with van der Waals surface area (Å²) in [5.41, 5.74) is 2.51. The SMILES string of the molecule is CC(C)(C)c1ccc2c(Br)[nH]nc2c1. The zero-order valence-corrected chi connectivity index (χ0v) is 10.1. The smallest absolute Gasteiger partial charge is 0.108 e. The number of aromatic amines is 1. The third-order valence-corrected chi connectivity index (χ3v) is 2.98. The molecule has 0 spiro atoms. The van der Waals surface area contributed by atoms with Crippen LogP contribution in [0.2, 0.25) is 0 Å². The topological polar surface area (TPSA) is 28.7 Å². The van der Waals surface area contributed by atoms with Crippen molar-refractivity contribution in [2.45, 2.75) is 26.2 Å². The highest BCUT2D eigenvalue weighted by Gasteiger charge is 2.14. The second kappa shape index (κ2) is 3.09. The minimum absolute atomic E-state index is 0.180. The highest BCUT2D eigenvalue weighted by atomic mass is 79.9. The molecule has 0 aliphatic heterocycles. The molecule has 1 heterocycles. The van der Waals surface area contributed by atoms with E-state index in [-0.39, 0.29) is 5.41 Å². The van der Waals surface area contributed by atoms with Crippen molar-refractivity contribution in [1.82, 2.24) is 10.2 Å². The zero-order valence-electron chi connectivity index (χ0n) is 8.56. The van der Waals surface area contributed by atoms with Gasteiger partial charge in [0.15, 0.2) is 0 Å². The van der Waals surface area contributed by atoms with Gasteiger partial charge in [-0.2, -0.15) is 5.10 Å². The molecule has 0 unspecified atom stereocenters. The van der Waals surface area contributed by atoms with E-state index < -0.39 is 0 Å². The van der Waals surface area contributed by atoms with E-state index in [1.54, 1.807) is 0 Å². The summed E-state index contributed by atoms with van der Waals surface area (Å²) in [5.74, 6) is 0. The molecule has 0 radical (unpaired) electrons. The van der Waals surface area contributed by atoms with Crippen LogP contribution in [0.3, 0.4) is 0 Å². The summed E-state index contributed by atoms with van der Waals surface area (Å²) in [7, 11) is 0. The standard InChI is InChI=1S/C11H13BrN2/c1-11(2,3)7-4-5-8-9(6-7)13-14-10(8)12/h4-6H,1-3H3,(H,13,14). The van der Waals surface area contributed by atoms with Crippen molar-refractivity contribution < 1.29 is 0 Å². The average Bonchev–Trinajstić information content (AvgIpc) is 2.46. The van der Waals surface area contributed by atoms with Gasteiger partial charge in [-0.1, -0.05) is 26.8 Å². The van der Waals surface area contributed by atoms with Gasteiger partial charge in [-0.3, -0.25) is 5.10 Å². The summed E-state index contributed by atoms with van der Waals surface area (Å²) in [6.45, 7) is 6.61. The van der Waals surface area contributed by atoms with Crippen LogP contribution in [0.5, 0.6) is 0 Å². The Bertz CT molecular complexity index is 466. The molecule has 1 aromatic carbocycles. The van der Waals surface area contributed by atoms with Crippen LogP contribution in [0.25, 0.3) is 10.9 Å². The van der Waals surface area contributed by atoms with E-state index in [1.165, 1.54) is 5.56 Å². The van der Waals surface area contributed by atoms with Gasteiger partial charge in [0, 0.05) is 5.39 Å². The molecule has 1 N–H and O–H groups in total. The van der Waals surface area contributed by atoms with Crippen LogP contribution >= 0.6 is 15.9 Å². The number of hydrogen-bond acceptors (Lipinski definition) is 1. The van der Waals surface area contributed by atoms with Gasteiger partial charge in [-0.25, -0.2) is 0 Å². The molecule has 2 nitrogen and oxygen atoms in total. The molecule has 2 aromatic rings. The maximum absolute atomic E-state index is 4.22. The van der Waals surface area contributed by atoms with E-state index in [1.807, 2.05) is 0 Å². The number of halogens is 1. The Morgan fingerprint density at radius 2 is 2.00 bits per heavy atom. The van der Waals surface area contributed by atoms with E-state index in [0.29, 0.717) is 0 Å². The molecule has 0 aliphatic carbocycles. The van der Waals surface area contributed by atoms with E-state index >= 15 is 0 Å². The van der Waals surface area contributed by atoms with Gasteiger partial charge >= 0.3 is 0 Å². The molecule has 0 amide bonds. The van der Waals surface area contributed by atoms with Crippen LogP contribution in [0.15, 0.2) is 22.8 Å².